The van der Waals surface area contributed by atoms with Crippen LogP contribution in [0, 0.1) is 0 Å². The summed E-state index contributed by atoms with van der Waals surface area (Å²) in [5, 5.41) is 8.91. The van der Waals surface area contributed by atoms with Crippen molar-refractivity contribution in [3.05, 3.63) is 0 Å². The van der Waals surface area contributed by atoms with E-state index in [-0.39, 0.29) is 5.78 Å². The molecule has 0 aromatic rings. The number of Topliss-reactive ketones (excluding diaryl/α,β-unsaturated/α-hetero) is 1. The molecule has 0 rings (SSSR count). The first-order chi connectivity index (χ1) is 6.18. The number of carbonyl (C=O) groups is 1. The summed E-state index contributed by atoms with van der Waals surface area (Å²) in [6.07, 6.45) is 6.89. The molecule has 1 N–H and O–H groups in total. The number of carbonyl (C=O) groups excluding carboxylic acids is 1. The van der Waals surface area contributed by atoms with Crippen molar-refractivity contribution < 1.29 is 9.90 Å². The van der Waals surface area contributed by atoms with Crippen LogP contribution in [0.15, 0.2) is 0 Å². The summed E-state index contributed by atoms with van der Waals surface area (Å²) < 4.78 is 0. The predicted octanol–water partition coefficient (Wildman–Crippen LogP) is 2.69. The van der Waals surface area contributed by atoms with Gasteiger partial charge in [-0.05, 0) is 13.3 Å². The molecule has 0 aromatic heterocycles. The van der Waals surface area contributed by atoms with Gasteiger partial charge in [-0.2, -0.15) is 0 Å². The highest BCUT2D eigenvalue weighted by atomic mass is 16.3. The van der Waals surface area contributed by atoms with E-state index in [1.165, 1.54) is 25.7 Å². The van der Waals surface area contributed by atoms with E-state index in [1.54, 1.807) is 6.92 Å². The van der Waals surface area contributed by atoms with E-state index >= 15 is 0 Å². The average Bonchev–Trinajstić information content (AvgIpc) is 2.10. The first-order valence-corrected chi connectivity index (χ1v) is 5.39. The number of ketones is 1. The lowest BCUT2D eigenvalue weighted by atomic mass is 10.1. The quantitative estimate of drug-likeness (QED) is 0.592. The summed E-state index contributed by atoms with van der Waals surface area (Å²) in [5.41, 5.74) is 0. The highest BCUT2D eigenvalue weighted by Gasteiger charge is 2.07. The lowest BCUT2D eigenvalue weighted by Gasteiger charge is -2.02. The van der Waals surface area contributed by atoms with Crippen LogP contribution in [0.5, 0.6) is 0 Å². The Labute approximate surface area is 81.3 Å². The minimum atomic E-state index is -0.768. The van der Waals surface area contributed by atoms with Crippen molar-refractivity contribution in [1.29, 1.82) is 0 Å². The molecule has 0 aliphatic carbocycles. The van der Waals surface area contributed by atoms with E-state index in [1.807, 2.05) is 0 Å². The minimum Gasteiger partial charge on any atom is -0.386 e. The number of hydrogen-bond acceptors (Lipinski definition) is 2. The highest BCUT2D eigenvalue weighted by Crippen LogP contribution is 2.07. The van der Waals surface area contributed by atoms with E-state index in [4.69, 9.17) is 5.11 Å². The number of unbranched alkanes of at least 4 members (excludes halogenated alkanes) is 5. The molecule has 0 spiro atoms. The maximum absolute atomic E-state index is 11.0. The molecule has 0 saturated carbocycles. The van der Waals surface area contributed by atoms with Crippen LogP contribution in [0.3, 0.4) is 0 Å². The molecule has 0 aromatic carbocycles. The third-order valence-corrected chi connectivity index (χ3v) is 2.24. The van der Waals surface area contributed by atoms with Crippen LogP contribution in [0.1, 0.15) is 58.8 Å². The van der Waals surface area contributed by atoms with Crippen LogP contribution in [0.4, 0.5) is 0 Å². The predicted molar refractivity (Wildman–Crippen MR) is 54.7 cm³/mol. The standard InChI is InChI=1S/C11H22O2/c1-3-4-5-6-7-8-9-11(13)10(2)12/h10,12H,3-9H2,1-2H3. The van der Waals surface area contributed by atoms with Crippen molar-refractivity contribution in [2.75, 3.05) is 0 Å². The molecular weight excluding hydrogens is 164 g/mol. The Morgan fingerprint density at radius 1 is 1.15 bits per heavy atom. The zero-order valence-corrected chi connectivity index (χ0v) is 8.88. The molecule has 0 heterocycles. The number of hydrogen-bond donors (Lipinski definition) is 1. The fourth-order valence-electron chi connectivity index (χ4n) is 1.29. The van der Waals surface area contributed by atoms with Crippen LogP contribution < -0.4 is 0 Å². The van der Waals surface area contributed by atoms with Gasteiger partial charge in [0, 0.05) is 6.42 Å². The molecule has 0 bridgehead atoms. The van der Waals surface area contributed by atoms with E-state index in [0.29, 0.717) is 6.42 Å². The van der Waals surface area contributed by atoms with Crippen LogP contribution in [-0.4, -0.2) is 17.0 Å². The van der Waals surface area contributed by atoms with E-state index < -0.39 is 6.10 Å². The number of rotatable bonds is 8. The SMILES string of the molecule is CCCCCCCCC(=O)C(C)O. The maximum atomic E-state index is 11.0. The molecule has 78 valence electrons. The van der Waals surface area contributed by atoms with Gasteiger partial charge in [0.15, 0.2) is 5.78 Å². The monoisotopic (exact) mass is 186 g/mol. The first-order valence-electron chi connectivity index (χ1n) is 5.39. The molecule has 0 radical (unpaired) electrons. The van der Waals surface area contributed by atoms with Gasteiger partial charge in [0.2, 0.25) is 0 Å². The average molecular weight is 186 g/mol. The summed E-state index contributed by atoms with van der Waals surface area (Å²) in [7, 11) is 0. The van der Waals surface area contributed by atoms with Gasteiger partial charge in [-0.3, -0.25) is 4.79 Å². The Morgan fingerprint density at radius 3 is 2.23 bits per heavy atom. The van der Waals surface area contributed by atoms with Gasteiger partial charge < -0.3 is 5.11 Å². The zero-order chi connectivity index (χ0) is 10.1. The summed E-state index contributed by atoms with van der Waals surface area (Å²) in [6, 6.07) is 0. The van der Waals surface area contributed by atoms with Crippen LogP contribution in [0.2, 0.25) is 0 Å². The molecular formula is C11H22O2. The van der Waals surface area contributed by atoms with Crippen molar-refractivity contribution >= 4 is 5.78 Å². The van der Waals surface area contributed by atoms with E-state index in [2.05, 4.69) is 6.92 Å². The lowest BCUT2D eigenvalue weighted by Crippen LogP contribution is -2.15. The highest BCUT2D eigenvalue weighted by molar-refractivity contribution is 5.82. The summed E-state index contributed by atoms with van der Waals surface area (Å²) in [4.78, 5) is 11.0. The molecule has 2 nitrogen and oxygen atoms in total. The minimum absolute atomic E-state index is 0.0181. The fraction of sp³-hybridized carbons (Fsp3) is 0.909. The van der Waals surface area contributed by atoms with Gasteiger partial charge in [-0.25, -0.2) is 0 Å². The van der Waals surface area contributed by atoms with Crippen molar-refractivity contribution in [2.45, 2.75) is 64.9 Å². The van der Waals surface area contributed by atoms with Gasteiger partial charge in [0.05, 0.1) is 0 Å². The summed E-state index contributed by atoms with van der Waals surface area (Å²) in [6.45, 7) is 3.73. The van der Waals surface area contributed by atoms with Crippen LogP contribution >= 0.6 is 0 Å². The molecule has 0 aliphatic rings. The Morgan fingerprint density at radius 2 is 1.69 bits per heavy atom. The maximum Gasteiger partial charge on any atom is 0.160 e. The van der Waals surface area contributed by atoms with Crippen molar-refractivity contribution in [3.8, 4) is 0 Å². The summed E-state index contributed by atoms with van der Waals surface area (Å²) >= 11 is 0. The van der Waals surface area contributed by atoms with Crippen LogP contribution in [-0.2, 0) is 4.79 Å². The van der Waals surface area contributed by atoms with Crippen molar-refractivity contribution in [1.82, 2.24) is 0 Å². The van der Waals surface area contributed by atoms with Gasteiger partial charge in [-0.15, -0.1) is 0 Å². The Hall–Kier alpha value is -0.370. The molecule has 2 heteroatoms. The Kier molecular flexibility index (Phi) is 8.00. The zero-order valence-electron chi connectivity index (χ0n) is 8.88. The lowest BCUT2D eigenvalue weighted by molar-refractivity contribution is -0.126. The van der Waals surface area contributed by atoms with E-state index in [9.17, 15) is 4.79 Å². The second kappa shape index (κ2) is 8.24. The number of aliphatic hydroxyl groups is 1. The third kappa shape index (κ3) is 7.97. The number of aliphatic hydroxyl groups excluding tert-OH is 1. The molecule has 1 atom stereocenters. The van der Waals surface area contributed by atoms with Gasteiger partial charge >= 0.3 is 0 Å². The molecule has 0 aliphatic heterocycles. The fourth-order valence-corrected chi connectivity index (χ4v) is 1.29. The van der Waals surface area contributed by atoms with E-state index in [0.717, 1.165) is 12.8 Å². The second-order valence-electron chi connectivity index (χ2n) is 3.66. The third-order valence-electron chi connectivity index (χ3n) is 2.24. The Bertz CT molecular complexity index is 130. The second-order valence-corrected chi connectivity index (χ2v) is 3.66. The molecule has 0 amide bonds. The molecule has 0 fully saturated rings. The van der Waals surface area contributed by atoms with Gasteiger partial charge in [-0.1, -0.05) is 39.0 Å². The van der Waals surface area contributed by atoms with Crippen molar-refractivity contribution in [3.63, 3.8) is 0 Å². The smallest absolute Gasteiger partial charge is 0.160 e. The first kappa shape index (κ1) is 12.6. The normalized spacial score (nSPS) is 12.8. The topological polar surface area (TPSA) is 37.3 Å². The molecule has 0 saturated heterocycles. The summed E-state index contributed by atoms with van der Waals surface area (Å²) in [5.74, 6) is -0.0181. The molecule has 1 unspecified atom stereocenters. The van der Waals surface area contributed by atoms with Gasteiger partial charge in [0.1, 0.15) is 6.10 Å². The Balaban J connectivity index is 3.12. The largest absolute Gasteiger partial charge is 0.386 e. The molecule has 13 heavy (non-hydrogen) atoms. The van der Waals surface area contributed by atoms with Crippen molar-refractivity contribution in [2.24, 2.45) is 0 Å². The van der Waals surface area contributed by atoms with Gasteiger partial charge in [0.25, 0.3) is 0 Å². The van der Waals surface area contributed by atoms with Crippen LogP contribution in [0.25, 0.3) is 0 Å².